The van der Waals surface area contributed by atoms with Crippen LogP contribution in [0.5, 0.6) is 5.75 Å². The average Bonchev–Trinajstić information content (AvgIpc) is 2.64. The molecule has 1 amide bonds. The number of anilines is 3. The number of carbonyl (C=O) groups excluding carboxylic acids is 1. The second-order valence-electron chi connectivity index (χ2n) is 6.20. The van der Waals surface area contributed by atoms with Gasteiger partial charge in [0.1, 0.15) is 5.75 Å². The van der Waals surface area contributed by atoms with E-state index in [1.54, 1.807) is 19.4 Å². The minimum Gasteiger partial charge on any atom is -0.495 e. The largest absolute Gasteiger partial charge is 0.495 e. The second kappa shape index (κ2) is 8.10. The maximum absolute atomic E-state index is 12.7. The van der Waals surface area contributed by atoms with E-state index < -0.39 is 0 Å². The van der Waals surface area contributed by atoms with Crippen molar-refractivity contribution in [3.05, 3.63) is 76.6 Å². The number of benzene rings is 2. The van der Waals surface area contributed by atoms with Crippen LogP contribution in [0.25, 0.3) is 0 Å². The van der Waals surface area contributed by atoms with E-state index >= 15 is 0 Å². The SMILES string of the molecule is COc1ccc(C)cc1NC(=O)c1cncc(Nc2ccc(Cl)cc2C)c1. The Labute approximate surface area is 163 Å². The van der Waals surface area contributed by atoms with Crippen molar-refractivity contribution in [2.45, 2.75) is 13.8 Å². The fourth-order valence-corrected chi connectivity index (χ4v) is 2.90. The number of nitrogens with one attached hydrogen (secondary N) is 2. The first kappa shape index (κ1) is 18.7. The summed E-state index contributed by atoms with van der Waals surface area (Å²) in [5.41, 5.74) is 4.70. The van der Waals surface area contributed by atoms with Gasteiger partial charge >= 0.3 is 0 Å². The molecule has 0 saturated carbocycles. The third-order valence-corrected chi connectivity index (χ3v) is 4.31. The maximum Gasteiger partial charge on any atom is 0.257 e. The minimum atomic E-state index is -0.261. The lowest BCUT2D eigenvalue weighted by atomic mass is 10.1. The summed E-state index contributed by atoms with van der Waals surface area (Å²) in [6, 6.07) is 12.9. The summed E-state index contributed by atoms with van der Waals surface area (Å²) in [6.45, 7) is 3.91. The highest BCUT2D eigenvalue weighted by molar-refractivity contribution is 6.30. The Kier molecular flexibility index (Phi) is 5.62. The Morgan fingerprint density at radius 3 is 2.59 bits per heavy atom. The molecule has 3 aromatic rings. The molecule has 0 atom stereocenters. The third-order valence-electron chi connectivity index (χ3n) is 4.07. The summed E-state index contributed by atoms with van der Waals surface area (Å²) in [4.78, 5) is 16.8. The lowest BCUT2D eigenvalue weighted by molar-refractivity contribution is 0.102. The molecule has 3 rings (SSSR count). The van der Waals surface area contributed by atoms with Crippen LogP contribution in [0.4, 0.5) is 17.1 Å². The van der Waals surface area contributed by atoms with Crippen molar-refractivity contribution in [3.8, 4) is 5.75 Å². The van der Waals surface area contributed by atoms with Gasteiger partial charge in [-0.3, -0.25) is 9.78 Å². The molecule has 0 aliphatic heterocycles. The lowest BCUT2D eigenvalue weighted by Crippen LogP contribution is -2.13. The predicted octanol–water partition coefficient (Wildman–Crippen LogP) is 5.36. The van der Waals surface area contributed by atoms with Crippen LogP contribution in [0.3, 0.4) is 0 Å². The Bertz CT molecular complexity index is 989. The van der Waals surface area contributed by atoms with E-state index in [1.807, 2.05) is 50.2 Å². The lowest BCUT2D eigenvalue weighted by Gasteiger charge is -2.12. The third kappa shape index (κ3) is 4.57. The number of ether oxygens (including phenoxy) is 1. The average molecular weight is 382 g/mol. The van der Waals surface area contributed by atoms with Gasteiger partial charge in [0.05, 0.1) is 30.2 Å². The van der Waals surface area contributed by atoms with Crippen LogP contribution in [0.2, 0.25) is 5.02 Å². The highest BCUT2D eigenvalue weighted by atomic mass is 35.5. The number of pyridine rings is 1. The van der Waals surface area contributed by atoms with E-state index in [4.69, 9.17) is 16.3 Å². The summed E-state index contributed by atoms with van der Waals surface area (Å²) < 4.78 is 5.31. The number of amides is 1. The normalized spacial score (nSPS) is 10.4. The van der Waals surface area contributed by atoms with Crippen molar-refractivity contribution in [2.24, 2.45) is 0 Å². The first-order valence-electron chi connectivity index (χ1n) is 8.40. The van der Waals surface area contributed by atoms with E-state index in [0.717, 1.165) is 16.8 Å². The number of halogens is 1. The van der Waals surface area contributed by atoms with E-state index in [2.05, 4.69) is 15.6 Å². The molecule has 0 unspecified atom stereocenters. The van der Waals surface area contributed by atoms with Crippen LogP contribution < -0.4 is 15.4 Å². The van der Waals surface area contributed by atoms with Crippen LogP contribution >= 0.6 is 11.6 Å². The molecular weight excluding hydrogens is 362 g/mol. The molecule has 0 saturated heterocycles. The molecule has 138 valence electrons. The Hall–Kier alpha value is -3.05. The van der Waals surface area contributed by atoms with Crippen molar-refractivity contribution in [3.63, 3.8) is 0 Å². The van der Waals surface area contributed by atoms with Gasteiger partial charge < -0.3 is 15.4 Å². The van der Waals surface area contributed by atoms with E-state index in [9.17, 15) is 4.79 Å². The van der Waals surface area contributed by atoms with Gasteiger partial charge in [-0.1, -0.05) is 17.7 Å². The van der Waals surface area contributed by atoms with Gasteiger partial charge in [-0.05, 0) is 61.4 Å². The van der Waals surface area contributed by atoms with E-state index in [0.29, 0.717) is 27.7 Å². The van der Waals surface area contributed by atoms with Crippen LogP contribution in [0.1, 0.15) is 21.5 Å². The number of aryl methyl sites for hydroxylation is 2. The fraction of sp³-hybridized carbons (Fsp3) is 0.143. The van der Waals surface area contributed by atoms with Gasteiger partial charge in [0.2, 0.25) is 0 Å². The first-order chi connectivity index (χ1) is 13.0. The number of nitrogens with zero attached hydrogens (tertiary/aromatic N) is 1. The molecule has 5 nitrogen and oxygen atoms in total. The number of rotatable bonds is 5. The van der Waals surface area contributed by atoms with Crippen molar-refractivity contribution in [1.82, 2.24) is 4.98 Å². The molecule has 2 N–H and O–H groups in total. The number of methoxy groups -OCH3 is 1. The number of aromatic nitrogens is 1. The van der Waals surface area contributed by atoms with E-state index in [1.165, 1.54) is 6.20 Å². The van der Waals surface area contributed by atoms with Crippen LogP contribution in [0.15, 0.2) is 54.9 Å². The van der Waals surface area contributed by atoms with Gasteiger partial charge in [0.15, 0.2) is 0 Å². The molecule has 0 aliphatic rings. The summed E-state index contributed by atoms with van der Waals surface area (Å²) in [7, 11) is 1.57. The maximum atomic E-state index is 12.7. The zero-order valence-corrected chi connectivity index (χ0v) is 16.1. The molecule has 0 fully saturated rings. The summed E-state index contributed by atoms with van der Waals surface area (Å²) in [6.07, 6.45) is 3.19. The fourth-order valence-electron chi connectivity index (χ4n) is 2.67. The Morgan fingerprint density at radius 1 is 1.04 bits per heavy atom. The molecule has 0 bridgehead atoms. The van der Waals surface area contributed by atoms with Crippen molar-refractivity contribution >= 4 is 34.6 Å². The Morgan fingerprint density at radius 2 is 1.85 bits per heavy atom. The number of hydrogen-bond acceptors (Lipinski definition) is 4. The summed E-state index contributed by atoms with van der Waals surface area (Å²) in [5.74, 6) is 0.343. The molecular formula is C21H20ClN3O2. The molecule has 0 radical (unpaired) electrons. The van der Waals surface area contributed by atoms with Crippen molar-refractivity contribution < 1.29 is 9.53 Å². The topological polar surface area (TPSA) is 63.2 Å². The predicted molar refractivity (Wildman–Crippen MR) is 109 cm³/mol. The monoisotopic (exact) mass is 381 g/mol. The van der Waals surface area contributed by atoms with Gasteiger partial charge in [-0.15, -0.1) is 0 Å². The molecule has 0 aliphatic carbocycles. The highest BCUT2D eigenvalue weighted by Crippen LogP contribution is 2.27. The number of carbonyl (C=O) groups is 1. The zero-order valence-electron chi connectivity index (χ0n) is 15.3. The summed E-state index contributed by atoms with van der Waals surface area (Å²) >= 11 is 6.00. The van der Waals surface area contributed by atoms with Gasteiger partial charge in [-0.2, -0.15) is 0 Å². The molecule has 27 heavy (non-hydrogen) atoms. The molecule has 2 aromatic carbocycles. The Balaban J connectivity index is 1.81. The van der Waals surface area contributed by atoms with Crippen LogP contribution in [-0.2, 0) is 0 Å². The van der Waals surface area contributed by atoms with Crippen LogP contribution in [-0.4, -0.2) is 18.0 Å². The zero-order chi connectivity index (χ0) is 19.4. The smallest absolute Gasteiger partial charge is 0.257 e. The summed E-state index contributed by atoms with van der Waals surface area (Å²) in [5, 5.41) is 6.82. The quantitative estimate of drug-likeness (QED) is 0.624. The number of hydrogen-bond donors (Lipinski definition) is 2. The molecule has 0 spiro atoms. The van der Waals surface area contributed by atoms with Gasteiger partial charge in [0, 0.05) is 16.9 Å². The molecule has 1 heterocycles. The highest BCUT2D eigenvalue weighted by Gasteiger charge is 2.11. The van der Waals surface area contributed by atoms with Crippen LogP contribution in [0, 0.1) is 13.8 Å². The standard InChI is InChI=1S/C21H20ClN3O2/c1-13-4-7-20(27-3)19(8-13)25-21(26)15-10-17(12-23-11-15)24-18-6-5-16(22)9-14(18)2/h4-12,24H,1-3H3,(H,25,26). The first-order valence-corrected chi connectivity index (χ1v) is 8.78. The second-order valence-corrected chi connectivity index (χ2v) is 6.64. The van der Waals surface area contributed by atoms with Gasteiger partial charge in [-0.25, -0.2) is 0 Å². The van der Waals surface area contributed by atoms with Crippen molar-refractivity contribution in [2.75, 3.05) is 17.7 Å². The van der Waals surface area contributed by atoms with E-state index in [-0.39, 0.29) is 5.91 Å². The van der Waals surface area contributed by atoms with Gasteiger partial charge in [0.25, 0.3) is 5.91 Å². The molecule has 1 aromatic heterocycles. The minimum absolute atomic E-state index is 0.261. The molecule has 6 heteroatoms. The van der Waals surface area contributed by atoms with Crippen molar-refractivity contribution in [1.29, 1.82) is 0 Å².